The Labute approximate surface area is 203 Å². The summed E-state index contributed by atoms with van der Waals surface area (Å²) in [7, 11) is 0. The van der Waals surface area contributed by atoms with Crippen LogP contribution in [0.1, 0.15) is 22.6 Å². The Morgan fingerprint density at radius 1 is 1.06 bits per heavy atom. The van der Waals surface area contributed by atoms with E-state index < -0.39 is 0 Å². The van der Waals surface area contributed by atoms with Gasteiger partial charge in [-0.25, -0.2) is 19.5 Å². The lowest BCUT2D eigenvalue weighted by atomic mass is 10.2. The van der Waals surface area contributed by atoms with Crippen LogP contribution in [-0.2, 0) is 11.4 Å². The number of hydrogen-bond donors (Lipinski definition) is 0. The zero-order chi connectivity index (χ0) is 23.2. The third kappa shape index (κ3) is 3.41. The van der Waals surface area contributed by atoms with E-state index in [1.165, 1.54) is 0 Å². The number of aryl methyl sites for hydroxylation is 1. The number of thiazole rings is 1. The fourth-order valence-electron chi connectivity index (χ4n) is 3.92. The van der Waals surface area contributed by atoms with E-state index in [2.05, 4.69) is 34.7 Å². The molecule has 10 heteroatoms. The Hall–Kier alpha value is -3.82. The number of nitrogens with zero attached hydrogens (tertiary/aromatic N) is 7. The number of para-hydroxylation sites is 1. The molecular weight excluding hydrogens is 470 g/mol. The molecule has 0 N–H and O–H groups in total. The van der Waals surface area contributed by atoms with Gasteiger partial charge in [-0.3, -0.25) is 4.57 Å². The molecule has 0 spiro atoms. The summed E-state index contributed by atoms with van der Waals surface area (Å²) in [6.45, 7) is 4.27. The van der Waals surface area contributed by atoms with E-state index in [1.807, 2.05) is 36.4 Å². The van der Waals surface area contributed by atoms with Gasteiger partial charge in [-0.15, -0.1) is 5.10 Å². The Bertz CT molecular complexity index is 1680. The third-order valence-corrected chi connectivity index (χ3v) is 7.08. The second-order valence-corrected chi connectivity index (χ2v) is 9.20. The minimum atomic E-state index is 0.126. The Morgan fingerprint density at radius 3 is 2.74 bits per heavy atom. The molecule has 0 aliphatic carbocycles. The molecule has 34 heavy (non-hydrogen) atoms. The molecule has 8 nitrogen and oxygen atoms in total. The van der Waals surface area contributed by atoms with E-state index in [1.54, 1.807) is 34.5 Å². The predicted octanol–water partition coefficient (Wildman–Crippen LogP) is 5.50. The lowest BCUT2D eigenvalue weighted by Crippen LogP contribution is -1.98. The summed E-state index contributed by atoms with van der Waals surface area (Å²) in [4.78, 5) is 19.7. The van der Waals surface area contributed by atoms with Crippen molar-refractivity contribution < 1.29 is 4.84 Å². The van der Waals surface area contributed by atoms with Crippen molar-refractivity contribution in [1.29, 1.82) is 0 Å². The highest BCUT2D eigenvalue weighted by Crippen LogP contribution is 2.33. The van der Waals surface area contributed by atoms with Crippen LogP contribution in [0.3, 0.4) is 0 Å². The van der Waals surface area contributed by atoms with Crippen LogP contribution in [0.2, 0.25) is 5.02 Å². The van der Waals surface area contributed by atoms with Crippen molar-refractivity contribution in [2.45, 2.75) is 20.5 Å². The monoisotopic (exact) mass is 487 g/mol. The average molecular weight is 488 g/mol. The molecule has 2 aromatic carbocycles. The van der Waals surface area contributed by atoms with Crippen molar-refractivity contribution in [2.75, 3.05) is 0 Å². The maximum Gasteiger partial charge on any atom is 0.196 e. The Morgan fingerprint density at radius 2 is 1.88 bits per heavy atom. The molecule has 0 amide bonds. The highest BCUT2D eigenvalue weighted by atomic mass is 35.5. The van der Waals surface area contributed by atoms with Crippen molar-refractivity contribution in [3.8, 4) is 5.13 Å². The molecule has 6 aromatic rings. The van der Waals surface area contributed by atoms with Crippen LogP contribution in [0.5, 0.6) is 0 Å². The third-order valence-electron chi connectivity index (χ3n) is 5.72. The van der Waals surface area contributed by atoms with E-state index in [9.17, 15) is 0 Å². The second-order valence-electron chi connectivity index (χ2n) is 7.78. The number of oxime groups is 1. The van der Waals surface area contributed by atoms with Crippen LogP contribution in [0.15, 0.2) is 60.0 Å². The van der Waals surface area contributed by atoms with Gasteiger partial charge in [0, 0.05) is 16.3 Å². The van der Waals surface area contributed by atoms with Gasteiger partial charge in [0.05, 0.1) is 21.8 Å². The second kappa shape index (κ2) is 8.19. The zero-order valence-electron chi connectivity index (χ0n) is 18.3. The first-order valence-electron chi connectivity index (χ1n) is 10.6. The van der Waals surface area contributed by atoms with Gasteiger partial charge in [-0.1, -0.05) is 58.4 Å². The van der Waals surface area contributed by atoms with Crippen molar-refractivity contribution in [3.63, 3.8) is 0 Å². The first-order chi connectivity index (χ1) is 16.6. The fraction of sp³-hybridized carbons (Fsp3) is 0.125. The summed E-state index contributed by atoms with van der Waals surface area (Å²) in [6, 6.07) is 15.5. The maximum absolute atomic E-state index is 6.14. The largest absolute Gasteiger partial charge is 0.387 e. The summed E-state index contributed by atoms with van der Waals surface area (Å²) >= 11 is 7.78. The summed E-state index contributed by atoms with van der Waals surface area (Å²) in [5.41, 5.74) is 5.43. The van der Waals surface area contributed by atoms with Gasteiger partial charge < -0.3 is 4.84 Å². The first-order valence-corrected chi connectivity index (χ1v) is 11.8. The molecule has 4 aromatic heterocycles. The van der Waals surface area contributed by atoms with Crippen LogP contribution >= 0.6 is 22.9 Å². The summed E-state index contributed by atoms with van der Waals surface area (Å²) in [6.07, 6.45) is 3.24. The van der Waals surface area contributed by atoms with Crippen LogP contribution in [0, 0.1) is 13.8 Å². The number of hydrogen-bond acceptors (Lipinski definition) is 7. The molecule has 6 rings (SSSR count). The highest BCUT2D eigenvalue weighted by Gasteiger charge is 2.20. The number of rotatable bonds is 5. The van der Waals surface area contributed by atoms with Crippen molar-refractivity contribution >= 4 is 56.0 Å². The van der Waals surface area contributed by atoms with E-state index in [-0.39, 0.29) is 6.61 Å². The molecule has 0 aliphatic heterocycles. The molecule has 0 unspecified atom stereocenters. The first kappa shape index (κ1) is 20.8. The maximum atomic E-state index is 6.14. The minimum Gasteiger partial charge on any atom is -0.387 e. The van der Waals surface area contributed by atoms with E-state index in [4.69, 9.17) is 31.4 Å². The molecule has 0 bridgehead atoms. The molecule has 0 saturated carbocycles. The van der Waals surface area contributed by atoms with E-state index in [0.717, 1.165) is 48.8 Å². The van der Waals surface area contributed by atoms with Crippen LogP contribution in [0.25, 0.3) is 32.0 Å². The molecule has 0 aliphatic rings. The van der Waals surface area contributed by atoms with Gasteiger partial charge in [-0.05, 0) is 37.6 Å². The van der Waals surface area contributed by atoms with Crippen LogP contribution < -0.4 is 0 Å². The zero-order valence-corrected chi connectivity index (χ0v) is 19.9. The summed E-state index contributed by atoms with van der Waals surface area (Å²) < 4.78 is 4.90. The molecule has 168 valence electrons. The van der Waals surface area contributed by atoms with Gasteiger partial charge in [0.25, 0.3) is 0 Å². The lowest BCUT2D eigenvalue weighted by molar-refractivity contribution is 0.126. The number of aromatic nitrogens is 6. The molecule has 0 atom stereocenters. The van der Waals surface area contributed by atoms with Gasteiger partial charge >= 0.3 is 0 Å². The topological polar surface area (TPSA) is 82.5 Å². The molecule has 0 radical (unpaired) electrons. The van der Waals surface area contributed by atoms with Gasteiger partial charge in [0.2, 0.25) is 0 Å². The average Bonchev–Trinajstić information content (AvgIpc) is 3.52. The van der Waals surface area contributed by atoms with Gasteiger partial charge in [0.15, 0.2) is 28.9 Å². The Balaban J connectivity index is 1.36. The number of fused-ring (bicyclic) bond motifs is 4. The van der Waals surface area contributed by atoms with Crippen molar-refractivity contribution in [3.05, 3.63) is 82.5 Å². The van der Waals surface area contributed by atoms with Crippen LogP contribution in [0.4, 0.5) is 0 Å². The Kier molecular flexibility index (Phi) is 5.00. The van der Waals surface area contributed by atoms with Crippen molar-refractivity contribution in [2.24, 2.45) is 5.16 Å². The standard InChI is InChI=1S/C24H18ClN7OS/c1-14-15(2)32(24-28-18-9-5-6-10-19(18)34-24)22-21(14)23-29-20(30-31(23)13-26-22)12-33-27-11-16-7-3-4-8-17(16)25/h3-11,13H,12H2,1-2H3/b27-11-. The molecule has 0 saturated heterocycles. The molecule has 0 fully saturated rings. The van der Waals surface area contributed by atoms with E-state index >= 15 is 0 Å². The SMILES string of the molecule is Cc1c(C)n(-c2nc3ccccc3s2)c2ncn3nc(CO/N=C\c4ccccc4Cl)nc3c12. The summed E-state index contributed by atoms with van der Waals surface area (Å²) in [5.74, 6) is 0.510. The number of benzene rings is 2. The molecular formula is C24H18ClN7OS. The molecule has 4 heterocycles. The normalized spacial score (nSPS) is 12.0. The summed E-state index contributed by atoms with van der Waals surface area (Å²) in [5, 5.41) is 10.9. The number of halogens is 1. The smallest absolute Gasteiger partial charge is 0.196 e. The fourth-order valence-corrected chi connectivity index (χ4v) is 5.13. The van der Waals surface area contributed by atoms with Crippen LogP contribution in [-0.4, -0.2) is 35.3 Å². The van der Waals surface area contributed by atoms with Gasteiger partial charge in [0.1, 0.15) is 6.33 Å². The van der Waals surface area contributed by atoms with Gasteiger partial charge in [-0.2, -0.15) is 0 Å². The van der Waals surface area contributed by atoms with E-state index in [0.29, 0.717) is 10.8 Å². The predicted molar refractivity (Wildman–Crippen MR) is 134 cm³/mol. The lowest BCUT2D eigenvalue weighted by Gasteiger charge is -2.02. The minimum absolute atomic E-state index is 0.126. The highest BCUT2D eigenvalue weighted by molar-refractivity contribution is 7.20. The van der Waals surface area contributed by atoms with Crippen molar-refractivity contribution in [1.82, 2.24) is 29.1 Å². The quantitative estimate of drug-likeness (QED) is 0.237.